The van der Waals surface area contributed by atoms with E-state index in [9.17, 15) is 4.79 Å². The minimum absolute atomic E-state index is 0.152. The average Bonchev–Trinajstić information content (AvgIpc) is 2.73. The molecule has 2 nitrogen and oxygen atoms in total. The Bertz CT molecular complexity index is 627. The predicted octanol–water partition coefficient (Wildman–Crippen LogP) is 8.54. The van der Waals surface area contributed by atoms with Crippen molar-refractivity contribution >= 4 is 11.5 Å². The van der Waals surface area contributed by atoms with E-state index < -0.39 is 0 Å². The summed E-state index contributed by atoms with van der Waals surface area (Å²) >= 11 is 0. The second kappa shape index (κ2) is 17.1. The third kappa shape index (κ3) is 9.96. The quantitative estimate of drug-likeness (QED) is 0.399. The summed E-state index contributed by atoms with van der Waals surface area (Å²) in [6.07, 6.45) is 3.17. The van der Waals surface area contributed by atoms with E-state index in [4.69, 9.17) is 0 Å². The summed E-state index contributed by atoms with van der Waals surface area (Å²) in [7, 11) is 0. The Morgan fingerprint density at radius 1 is 0.724 bits per heavy atom. The SMILES string of the molecule is CC.CC.CCCCN(CCC)C(=O)c1ccc(C(=C(C)C)C(C)=C(C)C)cc1. The monoisotopic (exact) mass is 401 g/mol. The molecule has 0 unspecified atom stereocenters. The van der Waals surface area contributed by atoms with Crippen LogP contribution < -0.4 is 0 Å². The first-order valence-corrected chi connectivity index (χ1v) is 11.5. The molecular formula is C27H47NO. The molecule has 0 N–H and O–H groups in total. The maximum Gasteiger partial charge on any atom is 0.253 e. The van der Waals surface area contributed by atoms with Crippen LogP contribution in [-0.2, 0) is 0 Å². The number of benzene rings is 1. The molecule has 0 heterocycles. The van der Waals surface area contributed by atoms with Gasteiger partial charge in [-0.05, 0) is 76.3 Å². The molecule has 0 radical (unpaired) electrons. The van der Waals surface area contributed by atoms with Crippen molar-refractivity contribution in [3.63, 3.8) is 0 Å². The van der Waals surface area contributed by atoms with E-state index in [2.05, 4.69) is 60.6 Å². The molecule has 0 saturated heterocycles. The zero-order valence-electron chi connectivity index (χ0n) is 21.2. The van der Waals surface area contributed by atoms with E-state index in [1.54, 1.807) is 0 Å². The van der Waals surface area contributed by atoms with Gasteiger partial charge >= 0.3 is 0 Å². The van der Waals surface area contributed by atoms with E-state index in [-0.39, 0.29) is 5.91 Å². The van der Waals surface area contributed by atoms with E-state index in [0.717, 1.165) is 37.9 Å². The summed E-state index contributed by atoms with van der Waals surface area (Å²) in [5.74, 6) is 0.152. The third-order valence-electron chi connectivity index (χ3n) is 4.61. The fourth-order valence-corrected chi connectivity index (χ4v) is 3.03. The van der Waals surface area contributed by atoms with Gasteiger partial charge in [-0.3, -0.25) is 4.79 Å². The lowest BCUT2D eigenvalue weighted by Gasteiger charge is -2.22. The number of unbranched alkanes of at least 4 members (excludes halogenated alkanes) is 1. The molecule has 0 atom stereocenters. The third-order valence-corrected chi connectivity index (χ3v) is 4.61. The number of hydrogen-bond donors (Lipinski definition) is 0. The van der Waals surface area contributed by atoms with Crippen LogP contribution in [0.4, 0.5) is 0 Å². The van der Waals surface area contributed by atoms with Gasteiger partial charge in [-0.25, -0.2) is 0 Å². The standard InChI is InChI=1S/C23H35NO.2C2H6/c1-8-10-16-24(15-9-2)23(25)21-13-11-20(12-14-21)22(18(5)6)19(7)17(3)4;2*1-2/h11-14H,8-10,15-16H2,1-7H3;2*1-2H3. The average molecular weight is 402 g/mol. The van der Waals surface area contributed by atoms with Crippen LogP contribution in [0.3, 0.4) is 0 Å². The summed E-state index contributed by atoms with van der Waals surface area (Å²) < 4.78 is 0. The number of rotatable bonds is 8. The highest BCUT2D eigenvalue weighted by molar-refractivity contribution is 5.95. The highest BCUT2D eigenvalue weighted by Crippen LogP contribution is 2.29. The largest absolute Gasteiger partial charge is 0.339 e. The Hall–Kier alpha value is -1.83. The molecule has 0 aromatic heterocycles. The highest BCUT2D eigenvalue weighted by Gasteiger charge is 2.15. The van der Waals surface area contributed by atoms with Crippen molar-refractivity contribution in [2.75, 3.05) is 13.1 Å². The van der Waals surface area contributed by atoms with Crippen LogP contribution in [-0.4, -0.2) is 23.9 Å². The van der Waals surface area contributed by atoms with Crippen molar-refractivity contribution < 1.29 is 4.79 Å². The van der Waals surface area contributed by atoms with Crippen molar-refractivity contribution in [1.82, 2.24) is 4.90 Å². The maximum absolute atomic E-state index is 12.8. The van der Waals surface area contributed by atoms with Gasteiger partial charge in [-0.15, -0.1) is 0 Å². The first-order chi connectivity index (χ1) is 13.8. The maximum atomic E-state index is 12.8. The van der Waals surface area contributed by atoms with E-state index in [0.29, 0.717) is 0 Å². The molecule has 0 aliphatic carbocycles. The van der Waals surface area contributed by atoms with E-state index in [1.807, 2.05) is 44.7 Å². The highest BCUT2D eigenvalue weighted by atomic mass is 16.2. The lowest BCUT2D eigenvalue weighted by atomic mass is 9.92. The molecular weight excluding hydrogens is 354 g/mol. The van der Waals surface area contributed by atoms with Crippen LogP contribution in [0.5, 0.6) is 0 Å². The van der Waals surface area contributed by atoms with Gasteiger partial charge in [-0.2, -0.15) is 0 Å². The van der Waals surface area contributed by atoms with Crippen LogP contribution in [0.2, 0.25) is 0 Å². The van der Waals surface area contributed by atoms with Crippen molar-refractivity contribution in [3.05, 3.63) is 52.1 Å². The molecule has 0 spiro atoms. The summed E-state index contributed by atoms with van der Waals surface area (Å²) in [6, 6.07) is 8.14. The minimum atomic E-state index is 0.152. The molecule has 166 valence electrons. The molecule has 1 aromatic rings. The Kier molecular flexibility index (Phi) is 17.3. The summed E-state index contributed by atoms with van der Waals surface area (Å²) in [4.78, 5) is 14.8. The lowest BCUT2D eigenvalue weighted by Crippen LogP contribution is -2.32. The van der Waals surface area contributed by atoms with Crippen molar-refractivity contribution in [3.8, 4) is 0 Å². The molecule has 1 aromatic carbocycles. The summed E-state index contributed by atoms with van der Waals surface area (Å²) in [5, 5.41) is 0. The Labute approximate surface area is 182 Å². The van der Waals surface area contributed by atoms with Gasteiger partial charge in [0, 0.05) is 18.7 Å². The molecule has 1 amide bonds. The molecule has 1 rings (SSSR count). The molecule has 2 heteroatoms. The first-order valence-electron chi connectivity index (χ1n) is 11.5. The molecule has 0 fully saturated rings. The normalized spacial score (nSPS) is 9.34. The van der Waals surface area contributed by atoms with Gasteiger partial charge in [0.25, 0.3) is 5.91 Å². The topological polar surface area (TPSA) is 20.3 Å². The van der Waals surface area contributed by atoms with Gasteiger partial charge in [0.1, 0.15) is 0 Å². The van der Waals surface area contributed by atoms with Crippen molar-refractivity contribution in [2.24, 2.45) is 0 Å². The number of allylic oxidation sites excluding steroid dienone is 4. The smallest absolute Gasteiger partial charge is 0.253 e. The van der Waals surface area contributed by atoms with Gasteiger partial charge in [-0.1, -0.05) is 71.2 Å². The second-order valence-electron chi connectivity index (χ2n) is 7.22. The van der Waals surface area contributed by atoms with E-state index in [1.165, 1.54) is 27.9 Å². The van der Waals surface area contributed by atoms with Gasteiger partial charge < -0.3 is 4.90 Å². The predicted molar refractivity (Wildman–Crippen MR) is 133 cm³/mol. The van der Waals surface area contributed by atoms with Crippen molar-refractivity contribution in [1.29, 1.82) is 0 Å². The van der Waals surface area contributed by atoms with Gasteiger partial charge in [0.2, 0.25) is 0 Å². The molecule has 0 aliphatic rings. The second-order valence-corrected chi connectivity index (χ2v) is 7.22. The molecule has 29 heavy (non-hydrogen) atoms. The van der Waals surface area contributed by atoms with Crippen LogP contribution in [0.25, 0.3) is 5.57 Å². The fraction of sp³-hybridized carbons (Fsp3) is 0.593. The molecule has 0 aliphatic heterocycles. The first kappa shape index (κ1) is 29.4. The Morgan fingerprint density at radius 3 is 1.59 bits per heavy atom. The zero-order chi connectivity index (χ0) is 23.0. The summed E-state index contributed by atoms with van der Waals surface area (Å²) in [6.45, 7) is 24.7. The molecule has 0 bridgehead atoms. The van der Waals surface area contributed by atoms with Crippen LogP contribution in [0, 0.1) is 0 Å². The Balaban J connectivity index is 0. The lowest BCUT2D eigenvalue weighted by molar-refractivity contribution is 0.0753. The number of carbonyl (C=O) groups excluding carboxylic acids is 1. The van der Waals surface area contributed by atoms with Gasteiger partial charge in [0.15, 0.2) is 0 Å². The molecule has 0 saturated carbocycles. The number of nitrogens with zero attached hydrogens (tertiary/aromatic N) is 1. The van der Waals surface area contributed by atoms with Gasteiger partial charge in [0.05, 0.1) is 0 Å². The fourth-order valence-electron chi connectivity index (χ4n) is 3.03. The minimum Gasteiger partial charge on any atom is -0.339 e. The van der Waals surface area contributed by atoms with Crippen LogP contribution >= 0.6 is 0 Å². The summed E-state index contributed by atoms with van der Waals surface area (Å²) in [5.41, 5.74) is 7.20. The van der Waals surface area contributed by atoms with Crippen molar-refractivity contribution in [2.45, 2.75) is 95.4 Å². The Morgan fingerprint density at radius 2 is 1.21 bits per heavy atom. The number of amides is 1. The van der Waals surface area contributed by atoms with Crippen LogP contribution in [0.1, 0.15) is 111 Å². The van der Waals surface area contributed by atoms with E-state index >= 15 is 0 Å². The number of carbonyl (C=O) groups is 1. The van der Waals surface area contributed by atoms with Crippen LogP contribution in [0.15, 0.2) is 41.0 Å². The number of hydrogen-bond acceptors (Lipinski definition) is 1. The zero-order valence-corrected chi connectivity index (χ0v) is 21.2.